The number of hydrogen-bond donors (Lipinski definition) is 0. The van der Waals surface area contributed by atoms with Crippen molar-refractivity contribution in [1.29, 1.82) is 0 Å². The Morgan fingerprint density at radius 1 is 1.00 bits per heavy atom. The van der Waals surface area contributed by atoms with E-state index in [1.165, 1.54) is 19.2 Å². The first-order valence-corrected chi connectivity index (χ1v) is 7.65. The summed E-state index contributed by atoms with van der Waals surface area (Å²) in [6.45, 7) is -0.469. The third-order valence-electron chi connectivity index (χ3n) is 3.79. The first-order valence-electron chi connectivity index (χ1n) is 7.65. The van der Waals surface area contributed by atoms with Crippen LogP contribution in [0.15, 0.2) is 29.5 Å². The van der Waals surface area contributed by atoms with E-state index in [9.17, 15) is 39.9 Å². The number of alkyl halides is 8. The van der Waals surface area contributed by atoms with E-state index in [0.717, 1.165) is 0 Å². The van der Waals surface area contributed by atoms with E-state index in [4.69, 9.17) is 0 Å². The summed E-state index contributed by atoms with van der Waals surface area (Å²) < 4.78 is 104. The monoisotopic (exact) mass is 427 g/mol. The molecular formula is C15H9F8N5O. The number of aryl methyl sites for hydroxylation is 1. The molecule has 0 amide bonds. The maximum atomic E-state index is 13.4. The van der Waals surface area contributed by atoms with Gasteiger partial charge in [-0.1, -0.05) is 0 Å². The Morgan fingerprint density at radius 2 is 1.66 bits per heavy atom. The molecule has 0 saturated heterocycles. The minimum atomic E-state index is -5.89. The molecule has 0 aromatic carbocycles. The maximum absolute atomic E-state index is 13.4. The average molecular weight is 427 g/mol. The van der Waals surface area contributed by atoms with Gasteiger partial charge in [0.2, 0.25) is 0 Å². The summed E-state index contributed by atoms with van der Waals surface area (Å²) in [5.41, 5.74) is -4.64. The first-order chi connectivity index (χ1) is 13.2. The van der Waals surface area contributed by atoms with Crippen LogP contribution in [0, 0.1) is 6.92 Å². The summed E-state index contributed by atoms with van der Waals surface area (Å²) >= 11 is 0. The summed E-state index contributed by atoms with van der Waals surface area (Å²) in [5, 5.41) is 6.89. The molecule has 0 atom stereocenters. The van der Waals surface area contributed by atoms with Crippen molar-refractivity contribution in [3.63, 3.8) is 0 Å². The number of rotatable bonds is 3. The summed E-state index contributed by atoms with van der Waals surface area (Å²) in [4.78, 5) is 15.9. The Balaban J connectivity index is 2.18. The van der Waals surface area contributed by atoms with Gasteiger partial charge in [0, 0.05) is 11.8 Å². The Bertz CT molecular complexity index is 1130. The van der Waals surface area contributed by atoms with Gasteiger partial charge in [-0.15, -0.1) is 0 Å². The molecule has 0 radical (unpaired) electrons. The lowest BCUT2D eigenvalue weighted by atomic mass is 10.1. The van der Waals surface area contributed by atoms with Gasteiger partial charge in [-0.25, -0.2) is 4.98 Å². The molecule has 0 fully saturated rings. The quantitative estimate of drug-likeness (QED) is 0.601. The molecule has 156 valence electrons. The molecule has 0 N–H and O–H groups in total. The second-order valence-corrected chi connectivity index (χ2v) is 6.07. The molecule has 0 unspecified atom stereocenters. The molecular weight excluding hydrogens is 418 g/mol. The number of nitrogens with zero attached hydrogens (tertiary/aromatic N) is 5. The zero-order chi connectivity index (χ0) is 21.8. The zero-order valence-corrected chi connectivity index (χ0v) is 14.2. The van der Waals surface area contributed by atoms with E-state index in [1.807, 2.05) is 0 Å². The topological polar surface area (TPSA) is 65.1 Å². The fourth-order valence-corrected chi connectivity index (χ4v) is 2.46. The molecule has 6 nitrogen and oxygen atoms in total. The molecule has 3 aromatic rings. The van der Waals surface area contributed by atoms with Crippen molar-refractivity contribution in [1.82, 2.24) is 24.4 Å². The highest BCUT2D eigenvalue weighted by molar-refractivity contribution is 5.66. The van der Waals surface area contributed by atoms with E-state index in [1.54, 1.807) is 0 Å². The number of fused-ring (bicyclic) bond motifs is 1. The molecule has 0 aliphatic carbocycles. The maximum Gasteiger partial charge on any atom is 0.455 e. The minimum Gasteiger partial charge on any atom is -0.267 e. The van der Waals surface area contributed by atoms with Crippen LogP contribution in [0.4, 0.5) is 35.1 Å². The van der Waals surface area contributed by atoms with Gasteiger partial charge in [-0.2, -0.15) is 49.8 Å². The molecule has 0 aliphatic heterocycles. The van der Waals surface area contributed by atoms with Crippen LogP contribution in [0.3, 0.4) is 0 Å². The highest BCUT2D eigenvalue weighted by Gasteiger charge is 2.57. The molecule has 0 aliphatic rings. The minimum absolute atomic E-state index is 0.0971. The Labute approximate surface area is 155 Å². The molecule has 0 spiro atoms. The zero-order valence-electron chi connectivity index (χ0n) is 14.2. The lowest BCUT2D eigenvalue weighted by molar-refractivity contribution is -0.287. The van der Waals surface area contributed by atoms with Crippen LogP contribution >= 0.6 is 0 Å². The van der Waals surface area contributed by atoms with Crippen LogP contribution in [0.5, 0.6) is 0 Å². The van der Waals surface area contributed by atoms with Crippen LogP contribution in [0.1, 0.15) is 11.3 Å². The lowest BCUT2D eigenvalue weighted by Gasteiger charge is -2.19. The van der Waals surface area contributed by atoms with Gasteiger partial charge in [0.05, 0.1) is 18.0 Å². The Hall–Kier alpha value is -3.06. The molecule has 14 heteroatoms. The fraction of sp³-hybridized carbons (Fsp3) is 0.333. The summed E-state index contributed by atoms with van der Waals surface area (Å²) in [5.74, 6) is -5.18. The van der Waals surface area contributed by atoms with E-state index < -0.39 is 52.8 Å². The van der Waals surface area contributed by atoms with Gasteiger partial charge in [-0.05, 0) is 18.6 Å². The second-order valence-electron chi connectivity index (χ2n) is 6.07. The highest BCUT2D eigenvalue weighted by Crippen LogP contribution is 2.37. The molecule has 3 aromatic heterocycles. The van der Waals surface area contributed by atoms with Gasteiger partial charge >= 0.3 is 18.3 Å². The summed E-state index contributed by atoms with van der Waals surface area (Å²) in [7, 11) is 0. The summed E-state index contributed by atoms with van der Waals surface area (Å²) in [6, 6.07) is 1.17. The lowest BCUT2D eigenvalue weighted by Crippen LogP contribution is -2.40. The van der Waals surface area contributed by atoms with E-state index >= 15 is 0 Å². The number of halogens is 8. The van der Waals surface area contributed by atoms with Gasteiger partial charge in [0.1, 0.15) is 6.54 Å². The Morgan fingerprint density at radius 3 is 2.24 bits per heavy atom. The van der Waals surface area contributed by atoms with Crippen molar-refractivity contribution in [3.8, 4) is 11.1 Å². The predicted molar refractivity (Wildman–Crippen MR) is 81.2 cm³/mol. The normalized spacial score (nSPS) is 13.3. The van der Waals surface area contributed by atoms with Crippen LogP contribution in [-0.2, 0) is 12.7 Å². The van der Waals surface area contributed by atoms with Crippen molar-refractivity contribution < 1.29 is 35.1 Å². The Kier molecular flexibility index (Phi) is 4.62. The molecule has 29 heavy (non-hydrogen) atoms. The standard InChI is InChI=1S/C15H9F8N5O/c1-7-2-9-26-11(14(18,19)20)10(12(29)28(9)25-3-7)8-4-24-27(5-8)6-13(16,17)15(21,22)23/h2-5H,6H2,1H3. The second kappa shape index (κ2) is 6.49. The van der Waals surface area contributed by atoms with E-state index in [2.05, 4.69) is 15.2 Å². The molecule has 3 heterocycles. The van der Waals surface area contributed by atoms with Crippen LogP contribution in [0.25, 0.3) is 16.8 Å². The number of aromatic nitrogens is 5. The third-order valence-corrected chi connectivity index (χ3v) is 3.79. The van der Waals surface area contributed by atoms with Crippen LogP contribution in [0.2, 0.25) is 0 Å². The van der Waals surface area contributed by atoms with Crippen molar-refractivity contribution in [2.75, 3.05) is 0 Å². The average Bonchev–Trinajstić information content (AvgIpc) is 2.99. The fourth-order valence-electron chi connectivity index (χ4n) is 2.46. The van der Waals surface area contributed by atoms with Crippen molar-refractivity contribution in [3.05, 3.63) is 46.3 Å². The van der Waals surface area contributed by atoms with Crippen LogP contribution in [-0.4, -0.2) is 36.5 Å². The molecule has 3 rings (SSSR count). The largest absolute Gasteiger partial charge is 0.455 e. The molecule has 0 saturated carbocycles. The van der Waals surface area contributed by atoms with Gasteiger partial charge in [0.25, 0.3) is 5.56 Å². The smallest absolute Gasteiger partial charge is 0.267 e. The van der Waals surface area contributed by atoms with Crippen molar-refractivity contribution in [2.45, 2.75) is 31.7 Å². The van der Waals surface area contributed by atoms with E-state index in [-0.39, 0.29) is 4.68 Å². The van der Waals surface area contributed by atoms with Gasteiger partial charge in [-0.3, -0.25) is 9.48 Å². The highest BCUT2D eigenvalue weighted by atomic mass is 19.4. The van der Waals surface area contributed by atoms with Gasteiger partial charge in [0.15, 0.2) is 11.3 Å². The van der Waals surface area contributed by atoms with Crippen molar-refractivity contribution in [2.24, 2.45) is 0 Å². The van der Waals surface area contributed by atoms with Crippen LogP contribution < -0.4 is 5.56 Å². The predicted octanol–water partition coefficient (Wildman–Crippen LogP) is 3.48. The molecule has 0 bridgehead atoms. The third kappa shape index (κ3) is 3.78. The van der Waals surface area contributed by atoms with E-state index in [0.29, 0.717) is 22.5 Å². The van der Waals surface area contributed by atoms with Crippen molar-refractivity contribution >= 4 is 5.65 Å². The first kappa shape index (κ1) is 20.7. The van der Waals surface area contributed by atoms with Gasteiger partial charge < -0.3 is 0 Å². The number of hydrogen-bond acceptors (Lipinski definition) is 4. The SMILES string of the molecule is Cc1cnn2c(=O)c(-c3cnn(CC(F)(F)C(F)(F)F)c3)c(C(F)(F)F)nc2c1. The summed E-state index contributed by atoms with van der Waals surface area (Å²) in [6.07, 6.45) is -8.78.